The Hall–Kier alpha value is -4.05. The number of hydrogen-bond acceptors (Lipinski definition) is 24. The summed E-state index contributed by atoms with van der Waals surface area (Å²) in [7, 11) is 0. The quantitative estimate of drug-likeness (QED) is 0.00502. The van der Waals surface area contributed by atoms with Gasteiger partial charge in [-0.25, -0.2) is 14.4 Å². The average Bonchev–Trinajstić information content (AvgIpc) is 1.61. The van der Waals surface area contributed by atoms with Gasteiger partial charge >= 0.3 is 196 Å². The summed E-state index contributed by atoms with van der Waals surface area (Å²) < 4.78 is 94.5. The number of epoxide rings is 2. The Morgan fingerprint density at radius 2 is 0.583 bits per heavy atom. The minimum atomic E-state index is -0.413. The van der Waals surface area contributed by atoms with Crippen LogP contribution in [0.2, 0.25) is 0 Å². The van der Waals surface area contributed by atoms with Gasteiger partial charge in [0, 0.05) is 48.7 Å². The van der Waals surface area contributed by atoms with Crippen molar-refractivity contribution >= 4 is 144 Å². The van der Waals surface area contributed by atoms with E-state index in [0.29, 0.717) is 117 Å². The van der Waals surface area contributed by atoms with Crippen LogP contribution in [0.5, 0.6) is 63.2 Å². The number of fused-ring (bicyclic) bond motifs is 6. The second-order valence-corrected chi connectivity index (χ2v) is 36.7. The Labute approximate surface area is 984 Å². The standard InChI is InChI=1S/C50H62O10.C44H50O8.C21H22O6.5K.H/c1-37-46-28-42(59-48(51)39-14-18-41(19-15-39)57-27-11-7-5-9-25-53-32-50(3)35-55-36-50)20-22-44(46)45-23-21-43(29-47(37)45)60-58-30-38-12-16-40(17-13-38)56-26-10-6-4-8-24-52-31-49(2)33-54-34-49;1-4-46-26-10-6-8-12-28-48-36-18-14-34(15-19-36)32-50-52-39-23-25-41-40-24-22-38(30-42(40)33(3)43(41)31-39)51-44(45)35-16-20-37(21-17-35)49-29-13-9-7-11-27-47-5-2;22-21(15-1-3-16(4-2-15)23-11-9-19-13-25-19)27-18-7-5-17(6-8-18)24-12-10-20-14-26-20;;;;;;/h12-23,28-29,37H,4-11,24-27,30-36H2,1-3H3;4-5,14-25,30-31,33H,1-2,6-13,26-29,32H2,3H3;1-8,19-20H,9-14H2;;;;;;/q;;;;;;;+1;-1. The van der Waals surface area contributed by atoms with Gasteiger partial charge in [-0.15, -0.1) is 0 Å². The van der Waals surface area contributed by atoms with E-state index in [1.54, 1.807) is 84.9 Å². The van der Waals surface area contributed by atoms with Gasteiger partial charge in [-0.1, -0.05) is 102 Å². The Balaban J connectivity index is 0.000000231. The number of rotatable bonds is 60. The molecule has 4 heterocycles. The molecule has 16 rings (SSSR count). The van der Waals surface area contributed by atoms with Gasteiger partial charge < -0.3 is 91.7 Å². The van der Waals surface area contributed by atoms with Crippen LogP contribution in [-0.4, -0.2) is 275 Å². The summed E-state index contributed by atoms with van der Waals surface area (Å²) in [5.41, 5.74) is 12.7. The van der Waals surface area contributed by atoms with Gasteiger partial charge in [-0.2, -0.15) is 9.78 Å². The van der Waals surface area contributed by atoms with Crippen LogP contribution in [0.15, 0.2) is 244 Å². The number of esters is 3. The van der Waals surface area contributed by atoms with Crippen LogP contribution in [0.1, 0.15) is 221 Å². The predicted octanol–water partition coefficient (Wildman–Crippen LogP) is 20.1. The van der Waals surface area contributed by atoms with Crippen molar-refractivity contribution in [1.29, 1.82) is 0 Å². The van der Waals surface area contributed by atoms with E-state index >= 15 is 0 Å². The maximum absolute atomic E-state index is 13.1. The number of carbonyl (C=O) groups excluding carboxylic acids is 3. The fourth-order valence-corrected chi connectivity index (χ4v) is 16.3. The van der Waals surface area contributed by atoms with Crippen LogP contribution in [0.4, 0.5) is 0 Å². The molecule has 6 aliphatic rings. The van der Waals surface area contributed by atoms with Gasteiger partial charge in [0.05, 0.1) is 147 Å². The van der Waals surface area contributed by atoms with Crippen molar-refractivity contribution in [3.8, 4) is 85.5 Å². The van der Waals surface area contributed by atoms with Gasteiger partial charge in [0.2, 0.25) is 0 Å². The second kappa shape index (κ2) is 67.5. The topological polar surface area (TPSA) is 252 Å². The van der Waals surface area contributed by atoms with Gasteiger partial charge in [0.1, 0.15) is 65.0 Å². The van der Waals surface area contributed by atoms with Crippen molar-refractivity contribution in [1.82, 2.24) is 0 Å². The predicted molar refractivity (Wildman–Crippen MR) is 555 cm³/mol. The van der Waals surface area contributed by atoms with Crippen molar-refractivity contribution in [2.24, 2.45) is 10.8 Å². The number of ether oxygens (including phenoxy) is 17. The van der Waals surface area contributed by atoms with E-state index in [0.717, 1.165) is 278 Å². The van der Waals surface area contributed by atoms with Crippen molar-refractivity contribution in [2.75, 3.05) is 119 Å². The SMILES string of the molecule is C=COCCCCCCOc1ccc(COOc2ccc3c(c2)C(C)c2cc(OC(=O)c4ccc(OCCCCCCOC=C)cc4)ccc2-3)cc1.CC1c2cc(OOCc3ccc(OCCCCCCOCC4(C)COC4)cc3)ccc2-c2ccc(OC(=O)c3ccc(OCCCCCCOCC4(C)COC4)cc3)cc21.O=C(Oc1ccc(OCCC2CO2)cc1)c1ccc(OCCC2CO2)cc1.[H-].[K+].[K][K].[K][K]. The van der Waals surface area contributed by atoms with Crippen molar-refractivity contribution in [2.45, 2.75) is 181 Å². The molecule has 144 heavy (non-hydrogen) atoms. The number of hydrogen-bond donors (Lipinski definition) is 0. The van der Waals surface area contributed by atoms with Crippen LogP contribution in [0.25, 0.3) is 22.3 Å². The molecule has 10 aromatic rings. The van der Waals surface area contributed by atoms with E-state index in [9.17, 15) is 14.4 Å². The van der Waals surface area contributed by atoms with Gasteiger partial charge in [-0.05, 0) is 315 Å². The van der Waals surface area contributed by atoms with Crippen molar-refractivity contribution < 1.29 is 167 Å². The van der Waals surface area contributed by atoms with E-state index < -0.39 is 17.9 Å². The molecule has 2 aliphatic carbocycles. The fourth-order valence-electron chi connectivity index (χ4n) is 16.3. The van der Waals surface area contributed by atoms with Gasteiger partial charge in [-0.3, -0.25) is 0 Å². The third-order valence-corrected chi connectivity index (χ3v) is 24.8. The van der Waals surface area contributed by atoms with Gasteiger partial charge in [0.15, 0.2) is 11.5 Å². The molecule has 29 heteroatoms. The van der Waals surface area contributed by atoms with E-state index in [1.807, 2.05) is 127 Å². The molecule has 10 aromatic carbocycles. The zero-order chi connectivity index (χ0) is 100. The molecule has 0 amide bonds. The summed E-state index contributed by atoms with van der Waals surface area (Å²) in [6.07, 6.45) is 22.4. The monoisotopic (exact) mass is 2090 g/mol. The molecule has 4 saturated heterocycles. The van der Waals surface area contributed by atoms with Crippen LogP contribution in [0, 0.1) is 10.8 Å². The molecule has 4 fully saturated rings. The summed E-state index contributed by atoms with van der Waals surface area (Å²) >= 11 is 5.00. The van der Waals surface area contributed by atoms with E-state index in [4.69, 9.17) is 100 Å². The van der Waals surface area contributed by atoms with Gasteiger partial charge in [0.25, 0.3) is 0 Å². The van der Waals surface area contributed by atoms with E-state index in [2.05, 4.69) is 46.9 Å². The summed E-state index contributed by atoms with van der Waals surface area (Å²) in [6, 6.07) is 67.6. The first kappa shape index (κ1) is 120. The molecular formula is C115H135K5O24. The molecule has 4 aliphatic heterocycles. The molecule has 0 radical (unpaired) electrons. The molecule has 744 valence electrons. The van der Waals surface area contributed by atoms with Crippen LogP contribution in [-0.2, 0) is 60.9 Å². The zero-order valence-electron chi connectivity index (χ0n) is 86.8. The molecule has 24 nitrogen and oxygen atoms in total. The first-order chi connectivity index (χ1) is 70.1. The normalized spacial score (nSPS) is 15.5. The molecule has 4 atom stereocenters. The molecule has 0 saturated carbocycles. The third kappa shape index (κ3) is 42.1. The number of unbranched alkanes of at least 4 members (excludes halogenated alkanes) is 12. The van der Waals surface area contributed by atoms with Crippen LogP contribution < -0.4 is 104 Å². The molecule has 4 unspecified atom stereocenters. The Kier molecular flexibility index (Phi) is 56.3. The molecule has 0 bridgehead atoms. The second-order valence-electron chi connectivity index (χ2n) is 36.7. The number of carbonyl (C=O) groups is 3. The molecule has 0 aromatic heterocycles. The first-order valence-electron chi connectivity index (χ1n) is 51.2. The average molecular weight is 2100 g/mol. The molecule has 0 N–H and O–H groups in total. The van der Waals surface area contributed by atoms with E-state index in [1.165, 1.54) is 139 Å². The summed E-state index contributed by atoms with van der Waals surface area (Å²) in [6.45, 7) is 29.8. The Bertz CT molecular complexity index is 5470. The summed E-state index contributed by atoms with van der Waals surface area (Å²) in [5, 5.41) is 0. The summed E-state index contributed by atoms with van der Waals surface area (Å²) in [4.78, 5) is 61.0. The molecule has 0 spiro atoms. The zero-order valence-corrected chi connectivity index (χ0v) is 101. The minimum absolute atomic E-state index is 0. The van der Waals surface area contributed by atoms with Crippen molar-refractivity contribution in [3.63, 3.8) is 0 Å². The van der Waals surface area contributed by atoms with Crippen molar-refractivity contribution in [3.05, 3.63) is 294 Å². The van der Waals surface area contributed by atoms with Crippen LogP contribution in [0.3, 0.4) is 0 Å². The van der Waals surface area contributed by atoms with E-state index in [-0.39, 0.29) is 75.5 Å². The Morgan fingerprint density at radius 3 is 0.875 bits per heavy atom. The molecular weight excluding hydrogens is 1960 g/mol. The number of benzene rings is 10. The Morgan fingerprint density at radius 1 is 0.333 bits per heavy atom. The van der Waals surface area contributed by atoms with Crippen LogP contribution >= 0.6 is 0 Å². The third-order valence-electron chi connectivity index (χ3n) is 24.8. The maximum atomic E-state index is 13.1. The fraction of sp³-hybridized carbons (Fsp3) is 0.417. The first-order valence-corrected chi connectivity index (χ1v) is 83.2. The summed E-state index contributed by atoms with van der Waals surface area (Å²) in [5.74, 6) is 6.32.